The number of nitrogens with one attached hydrogen (secondary N) is 1. The van der Waals surface area contributed by atoms with Gasteiger partial charge in [-0.2, -0.15) is 0 Å². The van der Waals surface area contributed by atoms with Gasteiger partial charge in [-0.3, -0.25) is 0 Å². The molecular formula is C5H13NO2S. The summed E-state index contributed by atoms with van der Waals surface area (Å²) in [5.74, 6) is 0.495. The fourth-order valence-corrected chi connectivity index (χ4v) is 1.21. The van der Waals surface area contributed by atoms with Crippen LogP contribution >= 0.6 is 0 Å². The van der Waals surface area contributed by atoms with Crippen molar-refractivity contribution in [1.82, 2.24) is 5.32 Å². The first-order chi connectivity index (χ1) is 4.12. The molecule has 0 aromatic carbocycles. The molecule has 0 aromatic heterocycles. The van der Waals surface area contributed by atoms with E-state index in [9.17, 15) is 8.42 Å². The van der Waals surface area contributed by atoms with E-state index in [-0.39, 0.29) is 11.5 Å². The van der Waals surface area contributed by atoms with E-state index in [0.717, 1.165) is 0 Å². The Morgan fingerprint density at radius 1 is 1.44 bits per heavy atom. The molecule has 3 nitrogen and oxygen atoms in total. The Morgan fingerprint density at radius 2 is 2.00 bits per heavy atom. The second-order valence-electron chi connectivity index (χ2n) is 1.84. The third-order valence-corrected chi connectivity index (χ3v) is 2.81. The predicted octanol–water partition coefficient (Wildman–Crippen LogP) is -0.359. The highest BCUT2D eigenvalue weighted by atomic mass is 32.2. The van der Waals surface area contributed by atoms with E-state index >= 15 is 0 Å². The second-order valence-corrected chi connectivity index (χ2v) is 4.31. The zero-order valence-electron chi connectivity index (χ0n) is 5.85. The van der Waals surface area contributed by atoms with Crippen LogP contribution in [-0.4, -0.2) is 33.5 Å². The molecule has 0 fully saturated rings. The van der Waals surface area contributed by atoms with Crippen LogP contribution in [0.4, 0.5) is 0 Å². The van der Waals surface area contributed by atoms with Gasteiger partial charge in [0.25, 0.3) is 0 Å². The molecule has 0 atom stereocenters. The maximum atomic E-state index is 10.7. The third-order valence-electron chi connectivity index (χ3n) is 1.10. The van der Waals surface area contributed by atoms with Crippen molar-refractivity contribution in [1.29, 1.82) is 0 Å². The van der Waals surface area contributed by atoms with Crippen LogP contribution in [0.15, 0.2) is 0 Å². The summed E-state index contributed by atoms with van der Waals surface area (Å²) in [6.07, 6.45) is 0. The molecular weight excluding hydrogens is 138 g/mol. The highest BCUT2D eigenvalue weighted by molar-refractivity contribution is 7.91. The first-order valence-electron chi connectivity index (χ1n) is 2.97. The standard InChI is InChI=1S/C5H13NO2S/c1-3-9(7,8)5-4-6-2/h6H,3-5H2,1-2H3. The van der Waals surface area contributed by atoms with E-state index in [1.165, 1.54) is 0 Å². The quantitative estimate of drug-likeness (QED) is 0.597. The van der Waals surface area contributed by atoms with Crippen molar-refractivity contribution in [3.8, 4) is 0 Å². The van der Waals surface area contributed by atoms with Crippen molar-refractivity contribution in [3.05, 3.63) is 0 Å². The van der Waals surface area contributed by atoms with Crippen LogP contribution in [0, 0.1) is 0 Å². The van der Waals surface area contributed by atoms with Gasteiger partial charge in [0.1, 0.15) is 0 Å². The molecule has 0 aliphatic rings. The molecule has 0 rings (SSSR count). The largest absolute Gasteiger partial charge is 0.319 e. The zero-order valence-corrected chi connectivity index (χ0v) is 6.66. The van der Waals surface area contributed by atoms with Crippen LogP contribution in [-0.2, 0) is 9.84 Å². The molecule has 0 spiro atoms. The summed E-state index contributed by atoms with van der Waals surface area (Å²) in [6, 6.07) is 0. The second kappa shape index (κ2) is 3.85. The summed E-state index contributed by atoms with van der Waals surface area (Å²) >= 11 is 0. The lowest BCUT2D eigenvalue weighted by Crippen LogP contribution is -2.20. The minimum atomic E-state index is -2.74. The lowest BCUT2D eigenvalue weighted by atomic mass is 10.8. The molecule has 0 amide bonds. The Hall–Kier alpha value is -0.0900. The zero-order chi connectivity index (χ0) is 7.33. The minimum absolute atomic E-state index is 0.245. The van der Waals surface area contributed by atoms with Gasteiger partial charge >= 0.3 is 0 Å². The van der Waals surface area contributed by atoms with Gasteiger partial charge in [0.2, 0.25) is 0 Å². The molecule has 0 bridgehead atoms. The normalized spacial score (nSPS) is 11.8. The molecule has 0 aromatic rings. The summed E-state index contributed by atoms with van der Waals surface area (Å²) in [5, 5.41) is 2.78. The Bertz CT molecular complexity index is 150. The van der Waals surface area contributed by atoms with Crippen LogP contribution in [0.1, 0.15) is 6.92 Å². The molecule has 56 valence electrons. The minimum Gasteiger partial charge on any atom is -0.319 e. The topological polar surface area (TPSA) is 46.2 Å². The van der Waals surface area contributed by atoms with Gasteiger partial charge < -0.3 is 5.32 Å². The fraction of sp³-hybridized carbons (Fsp3) is 1.00. The number of sulfone groups is 1. The number of rotatable bonds is 4. The van der Waals surface area contributed by atoms with E-state index in [4.69, 9.17) is 0 Å². The van der Waals surface area contributed by atoms with Gasteiger partial charge in [-0.1, -0.05) is 6.92 Å². The van der Waals surface area contributed by atoms with Crippen LogP contribution < -0.4 is 5.32 Å². The Morgan fingerprint density at radius 3 is 2.33 bits per heavy atom. The Labute approximate surface area is 56.4 Å². The van der Waals surface area contributed by atoms with E-state index in [2.05, 4.69) is 5.32 Å². The van der Waals surface area contributed by atoms with Crippen LogP contribution in [0.5, 0.6) is 0 Å². The first kappa shape index (κ1) is 8.91. The van der Waals surface area contributed by atoms with Crippen molar-refractivity contribution in [2.75, 3.05) is 25.1 Å². The fourth-order valence-electron chi connectivity index (χ4n) is 0.402. The van der Waals surface area contributed by atoms with E-state index in [0.29, 0.717) is 6.54 Å². The average Bonchev–Trinajstić information content (AvgIpc) is 1.84. The molecule has 0 heterocycles. The van der Waals surface area contributed by atoms with E-state index in [1.54, 1.807) is 14.0 Å². The smallest absolute Gasteiger partial charge is 0.151 e. The monoisotopic (exact) mass is 151 g/mol. The molecule has 9 heavy (non-hydrogen) atoms. The van der Waals surface area contributed by atoms with E-state index in [1.807, 2.05) is 0 Å². The maximum absolute atomic E-state index is 10.7. The van der Waals surface area contributed by atoms with Crippen molar-refractivity contribution in [2.24, 2.45) is 0 Å². The van der Waals surface area contributed by atoms with Crippen molar-refractivity contribution < 1.29 is 8.42 Å². The highest BCUT2D eigenvalue weighted by Gasteiger charge is 2.03. The predicted molar refractivity (Wildman–Crippen MR) is 38.3 cm³/mol. The van der Waals surface area contributed by atoms with Crippen molar-refractivity contribution in [3.63, 3.8) is 0 Å². The lowest BCUT2D eigenvalue weighted by Gasteiger charge is -1.97. The Kier molecular flexibility index (Phi) is 3.81. The van der Waals surface area contributed by atoms with Crippen LogP contribution in [0.25, 0.3) is 0 Å². The van der Waals surface area contributed by atoms with Gasteiger partial charge in [-0.15, -0.1) is 0 Å². The maximum Gasteiger partial charge on any atom is 0.151 e. The van der Waals surface area contributed by atoms with Crippen LogP contribution in [0.2, 0.25) is 0 Å². The molecule has 4 heteroatoms. The SMILES string of the molecule is CCS(=O)(=O)CCNC. The van der Waals surface area contributed by atoms with Gasteiger partial charge in [0, 0.05) is 12.3 Å². The molecule has 0 aliphatic heterocycles. The van der Waals surface area contributed by atoms with Crippen molar-refractivity contribution >= 4 is 9.84 Å². The molecule has 0 saturated carbocycles. The summed E-state index contributed by atoms with van der Waals surface area (Å²) in [7, 11) is -1.00. The van der Waals surface area contributed by atoms with Gasteiger partial charge in [0.05, 0.1) is 5.75 Å². The van der Waals surface area contributed by atoms with Crippen LogP contribution in [0.3, 0.4) is 0 Å². The highest BCUT2D eigenvalue weighted by Crippen LogP contribution is 1.85. The Balaban J connectivity index is 3.61. The molecule has 0 radical (unpaired) electrons. The average molecular weight is 151 g/mol. The van der Waals surface area contributed by atoms with Gasteiger partial charge in [-0.25, -0.2) is 8.42 Å². The summed E-state index contributed by atoms with van der Waals surface area (Å²) in [6.45, 7) is 2.21. The van der Waals surface area contributed by atoms with Crippen molar-refractivity contribution in [2.45, 2.75) is 6.92 Å². The first-order valence-corrected chi connectivity index (χ1v) is 4.79. The summed E-state index contributed by atoms with van der Waals surface area (Å²) in [4.78, 5) is 0. The summed E-state index contributed by atoms with van der Waals surface area (Å²) in [5.41, 5.74) is 0. The molecule has 0 saturated heterocycles. The van der Waals surface area contributed by atoms with Gasteiger partial charge in [-0.05, 0) is 7.05 Å². The third kappa shape index (κ3) is 4.42. The van der Waals surface area contributed by atoms with Gasteiger partial charge in [0.15, 0.2) is 9.84 Å². The number of hydrogen-bond acceptors (Lipinski definition) is 3. The number of hydrogen-bond donors (Lipinski definition) is 1. The summed E-state index contributed by atoms with van der Waals surface area (Å²) < 4.78 is 21.4. The lowest BCUT2D eigenvalue weighted by molar-refractivity contribution is 0.595. The molecule has 0 unspecified atom stereocenters. The van der Waals surface area contributed by atoms with E-state index < -0.39 is 9.84 Å². The molecule has 0 aliphatic carbocycles. The molecule has 1 N–H and O–H groups in total.